The number of carbonyl (C=O) groups excluding carboxylic acids is 1. The first-order valence-corrected chi connectivity index (χ1v) is 10.8. The molecule has 1 fully saturated rings. The third-order valence-electron chi connectivity index (χ3n) is 5.71. The molecule has 11 heteroatoms. The molecule has 0 saturated carbocycles. The molecule has 11 nitrogen and oxygen atoms in total. The minimum absolute atomic E-state index is 0.00758. The molecule has 0 spiro atoms. The van der Waals surface area contributed by atoms with Gasteiger partial charge in [0.15, 0.2) is 6.29 Å². The lowest BCUT2D eigenvalue weighted by Gasteiger charge is -2.39. The molecule has 1 heterocycles. The molecular formula is C24H28O11. The van der Waals surface area contributed by atoms with Gasteiger partial charge in [-0.1, -0.05) is 23.8 Å². The molecule has 1 aromatic rings. The molecule has 0 unspecified atom stereocenters. The standard InChI is InChI=1S/C24H28O11/c1-12-10-16(26)15(19(12)23(31)32)8-9-33-24-22(30)21(29)20(28)17(35-24)11-34-18(27)7-4-13-2-5-14(25)6-3-13/h2-8,16-17,20-22,24-26,28-30H,9-11H2,1H3,(H,31,32)/t16-,17+,20+,21-,22+,24-/m0/s1. The van der Waals surface area contributed by atoms with Crippen molar-refractivity contribution in [3.05, 3.63) is 58.7 Å². The van der Waals surface area contributed by atoms with Crippen LogP contribution >= 0.6 is 0 Å². The molecule has 0 bridgehead atoms. The van der Waals surface area contributed by atoms with Crippen molar-refractivity contribution in [1.82, 2.24) is 0 Å². The third kappa shape index (κ3) is 6.54. The van der Waals surface area contributed by atoms with E-state index in [0.717, 1.165) is 6.08 Å². The average molecular weight is 492 g/mol. The molecular weight excluding hydrogens is 464 g/mol. The van der Waals surface area contributed by atoms with Crippen LogP contribution < -0.4 is 0 Å². The highest BCUT2D eigenvalue weighted by Crippen LogP contribution is 2.32. The van der Waals surface area contributed by atoms with E-state index >= 15 is 0 Å². The summed E-state index contributed by atoms with van der Waals surface area (Å²) in [6, 6.07) is 6.08. The second kappa shape index (κ2) is 11.6. The molecule has 1 saturated heterocycles. The molecule has 1 aliphatic carbocycles. The predicted molar refractivity (Wildman–Crippen MR) is 120 cm³/mol. The van der Waals surface area contributed by atoms with Crippen LogP contribution in [0, 0.1) is 0 Å². The zero-order valence-corrected chi connectivity index (χ0v) is 18.9. The van der Waals surface area contributed by atoms with Crippen LogP contribution in [0.15, 0.2) is 53.1 Å². The minimum atomic E-state index is -1.66. The lowest BCUT2D eigenvalue weighted by Crippen LogP contribution is -2.59. The third-order valence-corrected chi connectivity index (χ3v) is 5.71. The normalized spacial score (nSPS) is 30.3. The first-order chi connectivity index (χ1) is 16.6. The van der Waals surface area contributed by atoms with Gasteiger partial charge in [0.2, 0.25) is 0 Å². The number of aliphatic hydroxyl groups excluding tert-OH is 4. The summed E-state index contributed by atoms with van der Waals surface area (Å²) >= 11 is 0. The van der Waals surface area contributed by atoms with Gasteiger partial charge in [0.1, 0.15) is 36.8 Å². The summed E-state index contributed by atoms with van der Waals surface area (Å²) in [5.41, 5.74) is 1.32. The summed E-state index contributed by atoms with van der Waals surface area (Å²) in [6.45, 7) is 0.892. The number of carboxylic acids is 1. The van der Waals surface area contributed by atoms with E-state index in [9.17, 15) is 40.2 Å². The Morgan fingerprint density at radius 3 is 2.43 bits per heavy atom. The summed E-state index contributed by atoms with van der Waals surface area (Å²) in [6.07, 6.45) is -4.39. The highest BCUT2D eigenvalue weighted by atomic mass is 16.7. The van der Waals surface area contributed by atoms with Crippen LogP contribution in [-0.4, -0.2) is 92.6 Å². The molecule has 6 atom stereocenters. The fourth-order valence-corrected chi connectivity index (χ4v) is 3.85. The summed E-state index contributed by atoms with van der Waals surface area (Å²) in [5, 5.41) is 59.2. The van der Waals surface area contributed by atoms with Crippen molar-refractivity contribution in [3.63, 3.8) is 0 Å². The molecule has 1 aliphatic heterocycles. The second-order valence-electron chi connectivity index (χ2n) is 8.24. The van der Waals surface area contributed by atoms with Crippen LogP contribution in [0.4, 0.5) is 0 Å². The van der Waals surface area contributed by atoms with Gasteiger partial charge >= 0.3 is 11.9 Å². The second-order valence-corrected chi connectivity index (χ2v) is 8.24. The Morgan fingerprint density at radius 2 is 1.77 bits per heavy atom. The Labute approximate surface area is 200 Å². The highest BCUT2D eigenvalue weighted by molar-refractivity contribution is 5.94. The van der Waals surface area contributed by atoms with Crippen molar-refractivity contribution < 1.29 is 54.4 Å². The molecule has 35 heavy (non-hydrogen) atoms. The number of hydrogen-bond acceptors (Lipinski definition) is 10. The van der Waals surface area contributed by atoms with E-state index in [-0.39, 0.29) is 29.9 Å². The zero-order valence-electron chi connectivity index (χ0n) is 18.9. The number of benzene rings is 1. The molecule has 2 aliphatic rings. The van der Waals surface area contributed by atoms with Crippen molar-refractivity contribution in [2.45, 2.75) is 50.2 Å². The van der Waals surface area contributed by atoms with Gasteiger partial charge in [-0.15, -0.1) is 0 Å². The van der Waals surface area contributed by atoms with Crippen molar-refractivity contribution in [2.24, 2.45) is 0 Å². The monoisotopic (exact) mass is 492 g/mol. The SMILES string of the molecule is CC1=C(C(=O)O)C(=CCO[C@H]2O[C@H](COC(=O)C=Cc3ccc(O)cc3)[C@@H](O)[C@H](O)[C@H]2O)[C@@H](O)C1. The van der Waals surface area contributed by atoms with Gasteiger partial charge in [0.25, 0.3) is 0 Å². The lowest BCUT2D eigenvalue weighted by atomic mass is 9.99. The Morgan fingerprint density at radius 1 is 1.09 bits per heavy atom. The zero-order chi connectivity index (χ0) is 25.7. The smallest absolute Gasteiger partial charge is 0.335 e. The van der Waals surface area contributed by atoms with E-state index in [0.29, 0.717) is 11.1 Å². The van der Waals surface area contributed by atoms with Crippen molar-refractivity contribution in [2.75, 3.05) is 13.2 Å². The molecule has 0 radical (unpaired) electrons. The van der Waals surface area contributed by atoms with Gasteiger partial charge in [0, 0.05) is 6.08 Å². The molecule has 1 aromatic carbocycles. The first-order valence-electron chi connectivity index (χ1n) is 10.8. The van der Waals surface area contributed by atoms with Gasteiger partial charge in [-0.25, -0.2) is 9.59 Å². The van der Waals surface area contributed by atoms with Crippen LogP contribution in [0.3, 0.4) is 0 Å². The lowest BCUT2D eigenvalue weighted by molar-refractivity contribution is -0.299. The van der Waals surface area contributed by atoms with Gasteiger partial charge in [-0.2, -0.15) is 0 Å². The number of esters is 1. The molecule has 0 aromatic heterocycles. The Balaban J connectivity index is 1.57. The summed E-state index contributed by atoms with van der Waals surface area (Å²) in [4.78, 5) is 23.4. The quantitative estimate of drug-likeness (QED) is 0.210. The number of ether oxygens (including phenoxy) is 3. The Hall–Kier alpha value is -3.06. The molecule has 6 N–H and O–H groups in total. The van der Waals surface area contributed by atoms with Crippen LogP contribution in [0.25, 0.3) is 6.08 Å². The van der Waals surface area contributed by atoms with Crippen LogP contribution in [0.5, 0.6) is 5.75 Å². The van der Waals surface area contributed by atoms with E-state index < -0.39 is 55.4 Å². The van der Waals surface area contributed by atoms with E-state index in [1.54, 1.807) is 19.1 Å². The number of aromatic hydroxyl groups is 1. The van der Waals surface area contributed by atoms with E-state index in [2.05, 4.69) is 0 Å². The van der Waals surface area contributed by atoms with Crippen molar-refractivity contribution in [1.29, 1.82) is 0 Å². The summed E-state index contributed by atoms with van der Waals surface area (Å²) in [5.74, 6) is -1.86. The maximum absolute atomic E-state index is 12.0. The molecule has 0 amide bonds. The maximum atomic E-state index is 12.0. The summed E-state index contributed by atoms with van der Waals surface area (Å²) in [7, 11) is 0. The van der Waals surface area contributed by atoms with Crippen molar-refractivity contribution >= 4 is 18.0 Å². The number of carboxylic acid groups (broad SMARTS) is 1. The predicted octanol–water partition coefficient (Wildman–Crippen LogP) is -0.135. The maximum Gasteiger partial charge on any atom is 0.335 e. The number of phenols is 1. The Bertz CT molecular complexity index is 1010. The van der Waals surface area contributed by atoms with Gasteiger partial charge < -0.3 is 44.8 Å². The van der Waals surface area contributed by atoms with Gasteiger partial charge in [-0.3, -0.25) is 0 Å². The minimum Gasteiger partial charge on any atom is -0.508 e. The fourth-order valence-electron chi connectivity index (χ4n) is 3.85. The average Bonchev–Trinajstić information content (AvgIpc) is 3.10. The van der Waals surface area contributed by atoms with Gasteiger partial charge in [0.05, 0.1) is 18.3 Å². The summed E-state index contributed by atoms with van der Waals surface area (Å²) < 4.78 is 15.9. The number of aliphatic carboxylic acids is 1. The molecule has 3 rings (SSSR count). The van der Waals surface area contributed by atoms with E-state index in [1.165, 1.54) is 24.3 Å². The van der Waals surface area contributed by atoms with Crippen LogP contribution in [-0.2, 0) is 23.8 Å². The largest absolute Gasteiger partial charge is 0.508 e. The number of phenolic OH excluding ortho intramolecular Hbond substituents is 1. The number of rotatable bonds is 8. The topological polar surface area (TPSA) is 183 Å². The fraction of sp³-hybridized carbons (Fsp3) is 0.417. The first kappa shape index (κ1) is 26.5. The number of hydrogen-bond donors (Lipinski definition) is 6. The number of carbonyl (C=O) groups is 2. The van der Waals surface area contributed by atoms with Crippen LogP contribution in [0.2, 0.25) is 0 Å². The molecule has 190 valence electrons. The van der Waals surface area contributed by atoms with Crippen molar-refractivity contribution in [3.8, 4) is 5.75 Å². The van der Waals surface area contributed by atoms with E-state index in [4.69, 9.17) is 14.2 Å². The van der Waals surface area contributed by atoms with Crippen LogP contribution in [0.1, 0.15) is 18.9 Å². The van der Waals surface area contributed by atoms with E-state index in [1.807, 2.05) is 0 Å². The number of aliphatic hydroxyl groups is 4. The Kier molecular flexibility index (Phi) is 8.78. The highest BCUT2D eigenvalue weighted by Gasteiger charge is 2.44. The van der Waals surface area contributed by atoms with Gasteiger partial charge in [-0.05, 0) is 42.7 Å².